The number of aliphatic carboxylic acids is 1. The molecule has 0 spiro atoms. The van der Waals surface area contributed by atoms with Crippen LogP contribution in [0, 0.1) is 11.8 Å². The maximum absolute atomic E-state index is 11.0. The van der Waals surface area contributed by atoms with E-state index in [-0.39, 0.29) is 11.8 Å². The van der Waals surface area contributed by atoms with E-state index in [0.29, 0.717) is 6.54 Å². The normalized spacial score (nSPS) is 26.1. The maximum Gasteiger partial charge on any atom is 0.308 e. The number of thiophene rings is 1. The molecule has 3 nitrogen and oxygen atoms in total. The molecule has 1 fully saturated rings. The third-order valence-electron chi connectivity index (χ3n) is 3.06. The SMILES string of the molecule is CC1CN(Cc2sccc2Br)CC1C(=O)O. The standard InChI is InChI=1S/C11H14BrNO2S/c1-7-4-13(5-8(7)11(14)15)6-10-9(12)2-3-16-10/h2-3,7-8H,4-6H2,1H3,(H,14,15). The van der Waals surface area contributed by atoms with Crippen molar-refractivity contribution in [3.05, 3.63) is 20.8 Å². The van der Waals surface area contributed by atoms with Crippen molar-refractivity contribution in [2.75, 3.05) is 13.1 Å². The molecule has 2 rings (SSSR count). The second-order valence-corrected chi connectivity index (χ2v) is 6.16. The fourth-order valence-corrected chi connectivity index (χ4v) is 3.68. The van der Waals surface area contributed by atoms with Crippen LogP contribution < -0.4 is 0 Å². The molecular formula is C11H14BrNO2S. The monoisotopic (exact) mass is 303 g/mol. The Kier molecular flexibility index (Phi) is 3.66. The van der Waals surface area contributed by atoms with E-state index in [9.17, 15) is 4.79 Å². The molecule has 0 amide bonds. The van der Waals surface area contributed by atoms with E-state index in [0.717, 1.165) is 17.6 Å². The fraction of sp³-hybridized carbons (Fsp3) is 0.545. The number of carbonyl (C=O) groups is 1. The molecule has 1 aliphatic rings. The number of halogens is 1. The highest BCUT2D eigenvalue weighted by atomic mass is 79.9. The fourth-order valence-electron chi connectivity index (χ4n) is 2.16. The number of nitrogens with zero attached hydrogens (tertiary/aromatic N) is 1. The summed E-state index contributed by atoms with van der Waals surface area (Å²) in [4.78, 5) is 14.5. The molecule has 88 valence electrons. The second-order valence-electron chi connectivity index (χ2n) is 4.31. The van der Waals surface area contributed by atoms with Crippen LogP contribution in [0.5, 0.6) is 0 Å². The van der Waals surface area contributed by atoms with Crippen LogP contribution in [0.2, 0.25) is 0 Å². The molecular weight excluding hydrogens is 290 g/mol. The van der Waals surface area contributed by atoms with Gasteiger partial charge in [-0.3, -0.25) is 9.69 Å². The van der Waals surface area contributed by atoms with Crippen molar-refractivity contribution in [2.24, 2.45) is 11.8 Å². The maximum atomic E-state index is 11.0. The van der Waals surface area contributed by atoms with Gasteiger partial charge in [-0.15, -0.1) is 11.3 Å². The van der Waals surface area contributed by atoms with Crippen molar-refractivity contribution >= 4 is 33.2 Å². The summed E-state index contributed by atoms with van der Waals surface area (Å²) in [7, 11) is 0. The largest absolute Gasteiger partial charge is 0.481 e. The zero-order chi connectivity index (χ0) is 11.7. The Labute approximate surface area is 107 Å². The average Bonchev–Trinajstić information content (AvgIpc) is 2.75. The van der Waals surface area contributed by atoms with Crippen molar-refractivity contribution in [2.45, 2.75) is 13.5 Å². The lowest BCUT2D eigenvalue weighted by Crippen LogP contribution is -2.22. The first-order chi connectivity index (χ1) is 7.58. The summed E-state index contributed by atoms with van der Waals surface area (Å²) in [5.74, 6) is -0.629. The van der Waals surface area contributed by atoms with Crippen molar-refractivity contribution < 1.29 is 9.90 Å². The number of carboxylic acid groups (broad SMARTS) is 1. The van der Waals surface area contributed by atoms with Crippen LogP contribution in [-0.2, 0) is 11.3 Å². The first-order valence-electron chi connectivity index (χ1n) is 5.25. The Morgan fingerprint density at radius 3 is 2.94 bits per heavy atom. The highest BCUT2D eigenvalue weighted by Gasteiger charge is 2.34. The average molecular weight is 304 g/mol. The van der Waals surface area contributed by atoms with E-state index >= 15 is 0 Å². The molecule has 1 aromatic rings. The van der Waals surface area contributed by atoms with E-state index in [1.165, 1.54) is 4.88 Å². The van der Waals surface area contributed by atoms with E-state index in [2.05, 4.69) is 20.8 Å². The smallest absolute Gasteiger partial charge is 0.308 e. The van der Waals surface area contributed by atoms with Crippen LogP contribution in [0.3, 0.4) is 0 Å². The molecule has 2 unspecified atom stereocenters. The van der Waals surface area contributed by atoms with Gasteiger partial charge < -0.3 is 5.11 Å². The molecule has 2 heterocycles. The van der Waals surface area contributed by atoms with Gasteiger partial charge in [-0.2, -0.15) is 0 Å². The lowest BCUT2D eigenvalue weighted by atomic mass is 9.99. The van der Waals surface area contributed by atoms with Crippen molar-refractivity contribution in [1.82, 2.24) is 4.90 Å². The molecule has 0 bridgehead atoms. The molecule has 1 aromatic heterocycles. The Hall–Kier alpha value is -0.390. The van der Waals surface area contributed by atoms with Gasteiger partial charge in [-0.05, 0) is 33.3 Å². The van der Waals surface area contributed by atoms with Gasteiger partial charge in [0.05, 0.1) is 5.92 Å². The van der Waals surface area contributed by atoms with Gasteiger partial charge in [0.15, 0.2) is 0 Å². The third kappa shape index (κ3) is 2.47. The van der Waals surface area contributed by atoms with Crippen molar-refractivity contribution in [3.63, 3.8) is 0 Å². The Bertz CT molecular complexity index is 393. The minimum Gasteiger partial charge on any atom is -0.481 e. The van der Waals surface area contributed by atoms with E-state index in [1.54, 1.807) is 11.3 Å². The quantitative estimate of drug-likeness (QED) is 0.933. The first-order valence-corrected chi connectivity index (χ1v) is 6.92. The van der Waals surface area contributed by atoms with Crippen molar-refractivity contribution in [1.29, 1.82) is 0 Å². The van der Waals surface area contributed by atoms with E-state index in [1.807, 2.05) is 18.4 Å². The Morgan fingerprint density at radius 1 is 1.69 bits per heavy atom. The molecule has 1 saturated heterocycles. The Morgan fingerprint density at radius 2 is 2.44 bits per heavy atom. The summed E-state index contributed by atoms with van der Waals surface area (Å²) in [6.07, 6.45) is 0. The van der Waals surface area contributed by atoms with Gasteiger partial charge in [-0.25, -0.2) is 0 Å². The number of carboxylic acids is 1. The van der Waals surface area contributed by atoms with Gasteiger partial charge in [0.2, 0.25) is 0 Å². The van der Waals surface area contributed by atoms with Crippen LogP contribution in [0.25, 0.3) is 0 Å². The molecule has 0 radical (unpaired) electrons. The summed E-state index contributed by atoms with van der Waals surface area (Å²) < 4.78 is 1.13. The second kappa shape index (κ2) is 4.85. The summed E-state index contributed by atoms with van der Waals surface area (Å²) in [6, 6.07) is 2.04. The highest BCUT2D eigenvalue weighted by Crippen LogP contribution is 2.29. The summed E-state index contributed by atoms with van der Waals surface area (Å²) in [6.45, 7) is 4.41. The highest BCUT2D eigenvalue weighted by molar-refractivity contribution is 9.10. The lowest BCUT2D eigenvalue weighted by molar-refractivity contribution is -0.142. The predicted molar refractivity (Wildman–Crippen MR) is 67.6 cm³/mol. The van der Waals surface area contributed by atoms with Crippen LogP contribution >= 0.6 is 27.3 Å². The molecule has 1 N–H and O–H groups in total. The van der Waals surface area contributed by atoms with Gasteiger partial charge >= 0.3 is 5.97 Å². The summed E-state index contributed by atoms with van der Waals surface area (Å²) in [5.41, 5.74) is 0. The van der Waals surface area contributed by atoms with Gasteiger partial charge in [0.1, 0.15) is 0 Å². The van der Waals surface area contributed by atoms with Gasteiger partial charge in [0, 0.05) is 29.0 Å². The number of rotatable bonds is 3. The molecule has 0 aromatic carbocycles. The van der Waals surface area contributed by atoms with Crippen LogP contribution in [0.1, 0.15) is 11.8 Å². The summed E-state index contributed by atoms with van der Waals surface area (Å²) in [5, 5.41) is 11.1. The Balaban J connectivity index is 1.99. The van der Waals surface area contributed by atoms with Crippen LogP contribution in [0.4, 0.5) is 0 Å². The molecule has 2 atom stereocenters. The molecule has 1 aliphatic heterocycles. The molecule has 16 heavy (non-hydrogen) atoms. The minimum atomic E-state index is -0.666. The first kappa shape index (κ1) is 12.1. The van der Waals surface area contributed by atoms with E-state index in [4.69, 9.17) is 5.11 Å². The lowest BCUT2D eigenvalue weighted by Gasteiger charge is -2.14. The van der Waals surface area contributed by atoms with Crippen LogP contribution in [0.15, 0.2) is 15.9 Å². The van der Waals surface area contributed by atoms with Crippen molar-refractivity contribution in [3.8, 4) is 0 Å². The molecule has 5 heteroatoms. The van der Waals surface area contributed by atoms with E-state index < -0.39 is 5.97 Å². The number of hydrogen-bond acceptors (Lipinski definition) is 3. The molecule has 0 aliphatic carbocycles. The predicted octanol–water partition coefficient (Wildman–Crippen LogP) is 2.66. The third-order valence-corrected chi connectivity index (χ3v) is 4.97. The van der Waals surface area contributed by atoms with Gasteiger partial charge in [-0.1, -0.05) is 6.92 Å². The topological polar surface area (TPSA) is 40.5 Å². The summed E-state index contributed by atoms with van der Waals surface area (Å²) >= 11 is 5.21. The number of likely N-dealkylation sites (tertiary alicyclic amines) is 1. The zero-order valence-electron chi connectivity index (χ0n) is 9.02. The number of hydrogen-bond donors (Lipinski definition) is 1. The van der Waals surface area contributed by atoms with Gasteiger partial charge in [0.25, 0.3) is 0 Å². The zero-order valence-corrected chi connectivity index (χ0v) is 11.4. The minimum absolute atomic E-state index is 0.210. The molecule has 0 saturated carbocycles. The van der Waals surface area contributed by atoms with Crippen LogP contribution in [-0.4, -0.2) is 29.1 Å².